The number of nitrogen functional groups attached to an aromatic ring is 1. The molecule has 3 aromatic rings. The number of fused-ring (bicyclic) bond motifs is 1. The Kier molecular flexibility index (Phi) is 6.04. The molecular weight excluding hydrogens is 378 g/mol. The largest absolute Gasteiger partial charge is 0.403 e. The second-order valence-corrected chi connectivity index (χ2v) is 7.34. The summed E-state index contributed by atoms with van der Waals surface area (Å²) in [6, 6.07) is 7.81. The Hall–Kier alpha value is -3.43. The van der Waals surface area contributed by atoms with Crippen molar-refractivity contribution in [1.29, 1.82) is 0 Å². The van der Waals surface area contributed by atoms with Crippen molar-refractivity contribution >= 4 is 33.9 Å². The highest BCUT2D eigenvalue weighted by Gasteiger charge is 2.22. The van der Waals surface area contributed by atoms with Gasteiger partial charge in [-0.3, -0.25) is 0 Å². The van der Waals surface area contributed by atoms with Crippen LogP contribution in [0.3, 0.4) is 0 Å². The van der Waals surface area contributed by atoms with Crippen LogP contribution in [0.2, 0.25) is 0 Å². The Labute approximate surface area is 176 Å². The molecule has 0 aliphatic carbocycles. The fourth-order valence-corrected chi connectivity index (χ4v) is 3.26. The van der Waals surface area contributed by atoms with Gasteiger partial charge >= 0.3 is 0 Å². The summed E-state index contributed by atoms with van der Waals surface area (Å²) in [6.07, 6.45) is 5.83. The van der Waals surface area contributed by atoms with E-state index in [2.05, 4.69) is 39.4 Å². The van der Waals surface area contributed by atoms with Crippen LogP contribution in [0.4, 0.5) is 17.5 Å². The number of nitrogens with one attached hydrogen (secondary N) is 2. The lowest BCUT2D eigenvalue weighted by Crippen LogP contribution is -2.36. The van der Waals surface area contributed by atoms with E-state index < -0.39 is 0 Å². The molecule has 158 valence electrons. The van der Waals surface area contributed by atoms with Crippen LogP contribution >= 0.6 is 0 Å². The summed E-state index contributed by atoms with van der Waals surface area (Å²) in [5.41, 5.74) is 14.0. The third kappa shape index (κ3) is 4.12. The number of hydrogen-bond donors (Lipinski definition) is 5. The van der Waals surface area contributed by atoms with Crippen LogP contribution in [0.25, 0.3) is 16.5 Å². The lowest BCUT2D eigenvalue weighted by atomic mass is 9.90. The molecule has 3 rings (SSSR count). The molecular formula is C21H29N9. The maximum Gasteiger partial charge on any atom is 0.133 e. The van der Waals surface area contributed by atoms with E-state index in [0.29, 0.717) is 28.8 Å². The van der Waals surface area contributed by atoms with Gasteiger partial charge in [-0.15, -0.1) is 0 Å². The van der Waals surface area contributed by atoms with Crippen LogP contribution < -0.4 is 27.9 Å². The summed E-state index contributed by atoms with van der Waals surface area (Å²) in [5, 5.41) is 9.66. The first-order valence-corrected chi connectivity index (χ1v) is 9.70. The minimum Gasteiger partial charge on any atom is -0.403 e. The van der Waals surface area contributed by atoms with E-state index in [-0.39, 0.29) is 5.54 Å². The Morgan fingerprint density at radius 1 is 1.23 bits per heavy atom. The lowest BCUT2D eigenvalue weighted by Gasteiger charge is -2.28. The summed E-state index contributed by atoms with van der Waals surface area (Å²) in [4.78, 5) is 13.3. The van der Waals surface area contributed by atoms with Crippen LogP contribution in [0, 0.1) is 0 Å². The summed E-state index contributed by atoms with van der Waals surface area (Å²) in [7, 11) is 3.65. The molecule has 0 unspecified atom stereocenters. The van der Waals surface area contributed by atoms with Gasteiger partial charge in [0.15, 0.2) is 0 Å². The van der Waals surface area contributed by atoms with Crippen molar-refractivity contribution in [2.45, 2.75) is 25.8 Å². The molecule has 3 aromatic heterocycles. The van der Waals surface area contributed by atoms with Gasteiger partial charge in [0, 0.05) is 36.6 Å². The molecule has 0 aliphatic heterocycles. The van der Waals surface area contributed by atoms with E-state index in [9.17, 15) is 0 Å². The number of pyridine rings is 3. The number of hydrogen-bond acceptors (Lipinski definition) is 9. The number of hydrazine groups is 1. The maximum absolute atomic E-state index is 6.13. The van der Waals surface area contributed by atoms with Gasteiger partial charge in [0.25, 0.3) is 0 Å². The fourth-order valence-electron chi connectivity index (χ4n) is 3.26. The van der Waals surface area contributed by atoms with Gasteiger partial charge in [-0.2, -0.15) is 0 Å². The number of anilines is 3. The predicted octanol–water partition coefficient (Wildman–Crippen LogP) is 2.26. The quantitative estimate of drug-likeness (QED) is 0.294. The molecule has 30 heavy (non-hydrogen) atoms. The van der Waals surface area contributed by atoms with Crippen LogP contribution in [-0.2, 0) is 5.54 Å². The van der Waals surface area contributed by atoms with E-state index in [1.54, 1.807) is 19.4 Å². The standard InChI is InChI=1S/C21H29N9/c1-5-21(2,25-3)14-6-7-26-19(10-14)29-18-9-13-8-16(17(11-22)30(4)24)28-20(23)15(13)12-27-18/h6-12,25H,5,22,24H2,1-4H3,(H2,23,28)(H,26,27,29)/b17-11-/t21-/m0/s1. The molecule has 0 saturated heterocycles. The number of nitrogens with zero attached hydrogens (tertiary/aromatic N) is 4. The Balaban J connectivity index is 1.98. The molecule has 0 amide bonds. The molecule has 9 nitrogen and oxygen atoms in total. The van der Waals surface area contributed by atoms with Gasteiger partial charge < -0.3 is 27.1 Å². The van der Waals surface area contributed by atoms with Gasteiger partial charge in [0.2, 0.25) is 0 Å². The van der Waals surface area contributed by atoms with E-state index in [4.69, 9.17) is 17.3 Å². The first-order valence-electron chi connectivity index (χ1n) is 9.70. The highest BCUT2D eigenvalue weighted by molar-refractivity contribution is 5.93. The lowest BCUT2D eigenvalue weighted by molar-refractivity contribution is 0.386. The average Bonchev–Trinajstić information content (AvgIpc) is 2.73. The monoisotopic (exact) mass is 407 g/mol. The average molecular weight is 408 g/mol. The van der Waals surface area contributed by atoms with Gasteiger partial charge in [-0.1, -0.05) is 6.92 Å². The van der Waals surface area contributed by atoms with E-state index >= 15 is 0 Å². The first kappa shape index (κ1) is 21.3. The highest BCUT2D eigenvalue weighted by Crippen LogP contribution is 2.28. The smallest absolute Gasteiger partial charge is 0.133 e. The minimum atomic E-state index is -0.135. The van der Waals surface area contributed by atoms with Crippen molar-refractivity contribution in [2.24, 2.45) is 11.6 Å². The fraction of sp³-hybridized carbons (Fsp3) is 0.286. The molecule has 0 saturated carbocycles. The summed E-state index contributed by atoms with van der Waals surface area (Å²) < 4.78 is 0. The normalized spacial score (nSPS) is 13.8. The second-order valence-electron chi connectivity index (χ2n) is 7.34. The van der Waals surface area contributed by atoms with Crippen LogP contribution in [0.15, 0.2) is 42.9 Å². The summed E-state index contributed by atoms with van der Waals surface area (Å²) in [5.74, 6) is 7.55. The third-order valence-electron chi connectivity index (χ3n) is 5.46. The zero-order valence-corrected chi connectivity index (χ0v) is 17.8. The Morgan fingerprint density at radius 2 is 1.97 bits per heavy atom. The van der Waals surface area contributed by atoms with Crippen LogP contribution in [0.1, 0.15) is 31.5 Å². The van der Waals surface area contributed by atoms with Crippen LogP contribution in [-0.4, -0.2) is 34.1 Å². The predicted molar refractivity (Wildman–Crippen MR) is 122 cm³/mol. The molecule has 9 heteroatoms. The Morgan fingerprint density at radius 3 is 2.60 bits per heavy atom. The van der Waals surface area contributed by atoms with Crippen molar-refractivity contribution in [1.82, 2.24) is 25.3 Å². The maximum atomic E-state index is 6.13. The Bertz CT molecular complexity index is 1070. The van der Waals surface area contributed by atoms with Gasteiger partial charge in [-0.25, -0.2) is 20.8 Å². The van der Waals surface area contributed by atoms with Crippen molar-refractivity contribution in [3.63, 3.8) is 0 Å². The first-order chi connectivity index (χ1) is 14.3. The van der Waals surface area contributed by atoms with Crippen molar-refractivity contribution in [2.75, 3.05) is 25.1 Å². The molecule has 0 fully saturated rings. The van der Waals surface area contributed by atoms with Gasteiger partial charge in [-0.05, 0) is 55.6 Å². The van der Waals surface area contributed by atoms with E-state index in [0.717, 1.165) is 22.8 Å². The number of aromatic nitrogens is 3. The molecule has 0 aromatic carbocycles. The highest BCUT2D eigenvalue weighted by atomic mass is 15.4. The number of rotatable bonds is 7. The van der Waals surface area contributed by atoms with Gasteiger partial charge in [0.05, 0.1) is 11.4 Å². The molecule has 0 radical (unpaired) electrons. The van der Waals surface area contributed by atoms with Crippen molar-refractivity contribution < 1.29 is 0 Å². The molecule has 0 spiro atoms. The van der Waals surface area contributed by atoms with E-state index in [1.165, 1.54) is 11.2 Å². The molecule has 1 atom stereocenters. The molecule has 8 N–H and O–H groups in total. The zero-order valence-electron chi connectivity index (χ0n) is 17.8. The summed E-state index contributed by atoms with van der Waals surface area (Å²) in [6.45, 7) is 4.31. The van der Waals surface area contributed by atoms with Crippen molar-refractivity contribution in [3.05, 3.63) is 54.1 Å². The SMILES string of the molecule is CC[C@](C)(NC)c1ccnc(Nc2cc3cc(/C(=C/N)N(C)N)nc(N)c3cn2)c1. The third-order valence-corrected chi connectivity index (χ3v) is 5.46. The van der Waals surface area contributed by atoms with Gasteiger partial charge in [0.1, 0.15) is 17.5 Å². The minimum absolute atomic E-state index is 0.135. The van der Waals surface area contributed by atoms with Crippen molar-refractivity contribution in [3.8, 4) is 0 Å². The van der Waals surface area contributed by atoms with Crippen LogP contribution in [0.5, 0.6) is 0 Å². The topological polar surface area (TPSA) is 144 Å². The zero-order chi connectivity index (χ0) is 21.9. The van der Waals surface area contributed by atoms with E-state index in [1.807, 2.05) is 31.3 Å². The molecule has 3 heterocycles. The number of nitrogens with two attached hydrogens (primary N) is 3. The molecule has 0 aliphatic rings. The summed E-state index contributed by atoms with van der Waals surface area (Å²) >= 11 is 0. The molecule has 0 bridgehead atoms. The second kappa shape index (κ2) is 8.52.